The fraction of sp³-hybridized carbons (Fsp3) is 0.155. The lowest BCUT2D eigenvalue weighted by Gasteiger charge is -2.39. The SMILES string of the molecule is CP(C)(=O)c1ccc(-c2ccc(C3(c4ccc(-c5nc(-c6ccc(-c7ccccc7)cc6)nc(-c6ccccc6-c6ccccc6)n5)cc4)CC4CCC3C4)cc2)c2ccccc12. The molecule has 9 aromatic rings. The van der Waals surface area contributed by atoms with E-state index < -0.39 is 7.14 Å². The molecule has 2 saturated carbocycles. The highest BCUT2D eigenvalue weighted by atomic mass is 31.2. The van der Waals surface area contributed by atoms with Gasteiger partial charge in [0, 0.05) is 27.4 Å². The average molecular weight is 834 g/mol. The number of hydrogen-bond donors (Lipinski definition) is 0. The Balaban J connectivity index is 0.983. The molecule has 2 aliphatic rings. The molecule has 0 aliphatic heterocycles. The standard InChI is InChI=1S/C58H48N3OP/c1-63(2,62)54-36-35-50(51-18-10-11-19-52(51)54)43-26-31-46(32-27-43)58(38-39-21-30-48(58)37-39)47-33-28-45(29-34-47)56-59-55(44-24-22-41(23-25-44)40-13-5-3-6-14-40)60-57(61-56)53-20-12-9-17-49(53)42-15-7-4-8-16-42/h3-20,22-29,31-36,39,48H,21,30,37-38H2,1-2H3. The van der Waals surface area contributed by atoms with Crippen LogP contribution < -0.4 is 5.30 Å². The van der Waals surface area contributed by atoms with E-state index in [9.17, 15) is 4.57 Å². The van der Waals surface area contributed by atoms with Crippen LogP contribution in [-0.4, -0.2) is 28.3 Å². The van der Waals surface area contributed by atoms with E-state index in [2.05, 4.69) is 176 Å². The summed E-state index contributed by atoms with van der Waals surface area (Å²) in [6.07, 6.45) is 4.99. The van der Waals surface area contributed by atoms with Crippen LogP contribution >= 0.6 is 7.14 Å². The molecular weight excluding hydrogens is 786 g/mol. The third-order valence-electron chi connectivity index (χ3n) is 13.8. The lowest BCUT2D eigenvalue weighted by Crippen LogP contribution is -2.34. The Kier molecular flexibility index (Phi) is 9.86. The quantitative estimate of drug-likeness (QED) is 0.136. The molecule has 0 amide bonds. The molecule has 0 saturated heterocycles. The van der Waals surface area contributed by atoms with Gasteiger partial charge in [-0.15, -0.1) is 0 Å². The Bertz CT molecular complexity index is 3160. The molecule has 0 N–H and O–H groups in total. The lowest BCUT2D eigenvalue weighted by molar-refractivity contribution is 0.320. The third-order valence-corrected chi connectivity index (χ3v) is 15.4. The van der Waals surface area contributed by atoms with E-state index >= 15 is 0 Å². The van der Waals surface area contributed by atoms with Crippen molar-refractivity contribution in [1.29, 1.82) is 0 Å². The van der Waals surface area contributed by atoms with E-state index in [1.54, 1.807) is 0 Å². The van der Waals surface area contributed by atoms with Gasteiger partial charge in [0.25, 0.3) is 0 Å². The maximum Gasteiger partial charge on any atom is 0.164 e. The largest absolute Gasteiger partial charge is 0.319 e. The fourth-order valence-corrected chi connectivity index (χ4v) is 12.0. The summed E-state index contributed by atoms with van der Waals surface area (Å²) in [5.41, 5.74) is 12.4. The first kappa shape index (κ1) is 39.1. The zero-order chi connectivity index (χ0) is 42.5. The zero-order valence-electron chi connectivity index (χ0n) is 35.7. The summed E-state index contributed by atoms with van der Waals surface area (Å²) < 4.78 is 13.3. The molecular formula is C58H48N3OP. The van der Waals surface area contributed by atoms with Crippen molar-refractivity contribution in [2.24, 2.45) is 11.8 Å². The minimum absolute atomic E-state index is 0.0620. The third kappa shape index (κ3) is 7.13. The van der Waals surface area contributed by atoms with Crippen LogP contribution in [0.2, 0.25) is 0 Å². The fourth-order valence-electron chi connectivity index (χ4n) is 10.8. The number of nitrogens with zero attached hydrogens (tertiary/aromatic N) is 3. The van der Waals surface area contributed by atoms with Gasteiger partial charge in [0.05, 0.1) is 0 Å². The highest BCUT2D eigenvalue weighted by molar-refractivity contribution is 7.70. The van der Waals surface area contributed by atoms with Crippen molar-refractivity contribution in [3.8, 4) is 67.5 Å². The number of aromatic nitrogens is 3. The van der Waals surface area contributed by atoms with Crippen molar-refractivity contribution in [2.75, 3.05) is 13.3 Å². The van der Waals surface area contributed by atoms with Crippen LogP contribution in [0.25, 0.3) is 78.3 Å². The predicted molar refractivity (Wildman–Crippen MR) is 262 cm³/mol. The first-order valence-electron chi connectivity index (χ1n) is 22.2. The normalized spacial score (nSPS) is 18.2. The molecule has 306 valence electrons. The van der Waals surface area contributed by atoms with Crippen LogP contribution in [0.1, 0.15) is 36.8 Å². The molecule has 0 spiro atoms. The minimum atomic E-state index is -2.44. The molecule has 63 heavy (non-hydrogen) atoms. The molecule has 3 atom stereocenters. The Hall–Kier alpha value is -6.74. The van der Waals surface area contributed by atoms with Gasteiger partial charge in [0.1, 0.15) is 7.14 Å². The van der Waals surface area contributed by atoms with Crippen molar-refractivity contribution < 1.29 is 4.57 Å². The number of benzene rings is 8. The van der Waals surface area contributed by atoms with Crippen LogP contribution in [0.15, 0.2) is 194 Å². The Morgan fingerprint density at radius 2 is 0.905 bits per heavy atom. The van der Waals surface area contributed by atoms with E-state index in [1.165, 1.54) is 47.1 Å². The Morgan fingerprint density at radius 3 is 1.49 bits per heavy atom. The summed E-state index contributed by atoms with van der Waals surface area (Å²) in [5, 5.41) is 3.17. The maximum absolute atomic E-state index is 13.3. The van der Waals surface area contributed by atoms with Gasteiger partial charge in [-0.3, -0.25) is 0 Å². The van der Waals surface area contributed by atoms with Gasteiger partial charge in [0.2, 0.25) is 0 Å². The number of rotatable bonds is 9. The van der Waals surface area contributed by atoms with Crippen molar-refractivity contribution in [3.63, 3.8) is 0 Å². The van der Waals surface area contributed by atoms with Gasteiger partial charge in [-0.05, 0) is 99.7 Å². The van der Waals surface area contributed by atoms with Crippen LogP contribution in [0.3, 0.4) is 0 Å². The molecule has 4 nitrogen and oxygen atoms in total. The van der Waals surface area contributed by atoms with Crippen molar-refractivity contribution >= 4 is 23.2 Å². The Labute approximate surface area is 370 Å². The Morgan fingerprint density at radius 1 is 0.429 bits per heavy atom. The van der Waals surface area contributed by atoms with Gasteiger partial charge in [-0.25, -0.2) is 15.0 Å². The summed E-state index contributed by atoms with van der Waals surface area (Å²) in [6, 6.07) is 69.0. The summed E-state index contributed by atoms with van der Waals surface area (Å²) in [6.45, 7) is 3.73. The molecule has 2 bridgehead atoms. The van der Waals surface area contributed by atoms with Crippen molar-refractivity contribution in [2.45, 2.75) is 31.1 Å². The maximum atomic E-state index is 13.3. The highest BCUT2D eigenvalue weighted by Crippen LogP contribution is 2.60. The molecule has 8 aromatic carbocycles. The summed E-state index contributed by atoms with van der Waals surface area (Å²) >= 11 is 0. The van der Waals surface area contributed by atoms with Gasteiger partial charge in [-0.2, -0.15) is 0 Å². The van der Waals surface area contributed by atoms with E-state index in [1.807, 2.05) is 31.5 Å². The second-order valence-corrected chi connectivity index (χ2v) is 21.1. The predicted octanol–water partition coefficient (Wildman–Crippen LogP) is 14.4. The first-order valence-corrected chi connectivity index (χ1v) is 24.8. The van der Waals surface area contributed by atoms with Gasteiger partial charge in [0.15, 0.2) is 17.5 Å². The zero-order valence-corrected chi connectivity index (χ0v) is 36.5. The topological polar surface area (TPSA) is 55.7 Å². The van der Waals surface area contributed by atoms with Gasteiger partial charge in [-0.1, -0.05) is 201 Å². The molecule has 0 radical (unpaired) electrons. The molecule has 11 rings (SSSR count). The molecule has 1 heterocycles. The van der Waals surface area contributed by atoms with E-state index in [0.29, 0.717) is 23.4 Å². The number of hydrogen-bond acceptors (Lipinski definition) is 4. The molecule has 1 aromatic heterocycles. The van der Waals surface area contributed by atoms with E-state index in [0.717, 1.165) is 61.8 Å². The van der Waals surface area contributed by atoms with Crippen molar-refractivity contribution in [1.82, 2.24) is 15.0 Å². The second kappa shape index (κ2) is 15.9. The van der Waals surface area contributed by atoms with Crippen LogP contribution in [0.4, 0.5) is 0 Å². The van der Waals surface area contributed by atoms with E-state index in [4.69, 9.17) is 15.0 Å². The summed E-state index contributed by atoms with van der Waals surface area (Å²) in [5.74, 6) is 3.27. The van der Waals surface area contributed by atoms with Crippen LogP contribution in [-0.2, 0) is 9.98 Å². The lowest BCUT2D eigenvalue weighted by atomic mass is 9.64. The second-order valence-electron chi connectivity index (χ2n) is 17.9. The van der Waals surface area contributed by atoms with Crippen molar-refractivity contribution in [3.05, 3.63) is 205 Å². The van der Waals surface area contributed by atoms with E-state index in [-0.39, 0.29) is 5.41 Å². The van der Waals surface area contributed by atoms with Gasteiger partial charge < -0.3 is 4.57 Å². The number of fused-ring (bicyclic) bond motifs is 3. The molecule has 3 unspecified atom stereocenters. The smallest absolute Gasteiger partial charge is 0.164 e. The minimum Gasteiger partial charge on any atom is -0.319 e. The van der Waals surface area contributed by atoms with Crippen LogP contribution in [0.5, 0.6) is 0 Å². The van der Waals surface area contributed by atoms with Crippen LogP contribution in [0, 0.1) is 11.8 Å². The molecule has 2 aliphatic carbocycles. The monoisotopic (exact) mass is 833 g/mol. The highest BCUT2D eigenvalue weighted by Gasteiger charge is 2.52. The first-order chi connectivity index (χ1) is 30.8. The average Bonchev–Trinajstić information content (AvgIpc) is 3.97. The molecule has 2 fully saturated rings. The molecule has 5 heteroatoms. The van der Waals surface area contributed by atoms with Gasteiger partial charge >= 0.3 is 0 Å². The summed E-state index contributed by atoms with van der Waals surface area (Å²) in [4.78, 5) is 15.6. The summed E-state index contributed by atoms with van der Waals surface area (Å²) in [7, 11) is -2.44.